The quantitative estimate of drug-likeness (QED) is 0.795. The summed E-state index contributed by atoms with van der Waals surface area (Å²) in [6.45, 7) is 2.75. The highest BCUT2D eigenvalue weighted by atomic mass is 32.2. The van der Waals surface area contributed by atoms with Crippen molar-refractivity contribution in [2.45, 2.75) is 44.8 Å². The summed E-state index contributed by atoms with van der Waals surface area (Å²) in [5.74, 6) is -0.0849. The summed E-state index contributed by atoms with van der Waals surface area (Å²) < 4.78 is 30.7. The van der Waals surface area contributed by atoms with E-state index in [1.54, 1.807) is 18.2 Å². The summed E-state index contributed by atoms with van der Waals surface area (Å²) in [5.41, 5.74) is 0.619. The molecule has 6 nitrogen and oxygen atoms in total. The molecule has 7 heteroatoms. The molecule has 0 spiro atoms. The van der Waals surface area contributed by atoms with Crippen molar-refractivity contribution in [2.75, 3.05) is 17.6 Å². The molecule has 1 aliphatic rings. The Hall–Kier alpha value is -1.60. The zero-order valence-corrected chi connectivity index (χ0v) is 14.4. The Balaban J connectivity index is 2.00. The molecule has 0 atom stereocenters. The molecule has 0 saturated heterocycles. The first kappa shape index (κ1) is 17.7. The number of rotatable bonds is 7. The zero-order chi connectivity index (χ0) is 16.9. The van der Waals surface area contributed by atoms with Crippen molar-refractivity contribution < 1.29 is 17.9 Å². The van der Waals surface area contributed by atoms with E-state index in [2.05, 4.69) is 10.0 Å². The standard InChI is InChI=1S/C16H24N2O4S/c1-3-22-16(9-4-5-10-16)15(19)17-12-13-7-6-8-14(11-13)18-23(2,20)21/h6-8,11,18H,3-5,9-10,12H2,1-2H3,(H,17,19). The van der Waals surface area contributed by atoms with Gasteiger partial charge in [0.15, 0.2) is 0 Å². The van der Waals surface area contributed by atoms with E-state index in [0.29, 0.717) is 18.8 Å². The first-order valence-electron chi connectivity index (χ1n) is 7.84. The first-order valence-corrected chi connectivity index (χ1v) is 9.73. The topological polar surface area (TPSA) is 84.5 Å². The number of ether oxygens (including phenoxy) is 1. The average Bonchev–Trinajstić information content (AvgIpc) is 2.93. The summed E-state index contributed by atoms with van der Waals surface area (Å²) in [4.78, 5) is 12.5. The van der Waals surface area contributed by atoms with Crippen molar-refractivity contribution in [2.24, 2.45) is 0 Å². The molecule has 0 heterocycles. The van der Waals surface area contributed by atoms with Crippen molar-refractivity contribution in [3.63, 3.8) is 0 Å². The van der Waals surface area contributed by atoms with Crippen LogP contribution in [0.5, 0.6) is 0 Å². The lowest BCUT2D eigenvalue weighted by Crippen LogP contribution is -2.46. The van der Waals surface area contributed by atoms with Crippen molar-refractivity contribution in [1.82, 2.24) is 5.32 Å². The van der Waals surface area contributed by atoms with Crippen LogP contribution in [-0.2, 0) is 26.1 Å². The van der Waals surface area contributed by atoms with Gasteiger partial charge in [0.1, 0.15) is 5.60 Å². The predicted octanol–water partition coefficient (Wildman–Crippen LogP) is 2.02. The van der Waals surface area contributed by atoms with Crippen LogP contribution in [0.4, 0.5) is 5.69 Å². The molecule has 0 bridgehead atoms. The fraction of sp³-hybridized carbons (Fsp3) is 0.562. The maximum absolute atomic E-state index is 12.5. The van der Waals surface area contributed by atoms with Crippen LogP contribution >= 0.6 is 0 Å². The molecule has 1 saturated carbocycles. The summed E-state index contributed by atoms with van der Waals surface area (Å²) in [6, 6.07) is 6.98. The Morgan fingerprint density at radius 1 is 1.30 bits per heavy atom. The lowest BCUT2D eigenvalue weighted by molar-refractivity contribution is -0.146. The number of carbonyl (C=O) groups is 1. The van der Waals surface area contributed by atoms with Gasteiger partial charge in [0, 0.05) is 18.8 Å². The van der Waals surface area contributed by atoms with Crippen molar-refractivity contribution in [3.05, 3.63) is 29.8 Å². The third kappa shape index (κ3) is 4.94. The van der Waals surface area contributed by atoms with Crippen LogP contribution in [0.1, 0.15) is 38.2 Å². The Morgan fingerprint density at radius 3 is 2.61 bits per heavy atom. The molecule has 2 rings (SSSR count). The third-order valence-corrected chi connectivity index (χ3v) is 4.54. The molecular weight excluding hydrogens is 316 g/mol. The van der Waals surface area contributed by atoms with Crippen LogP contribution in [0, 0.1) is 0 Å². The van der Waals surface area contributed by atoms with E-state index in [0.717, 1.165) is 37.5 Å². The molecule has 0 aliphatic heterocycles. The van der Waals surface area contributed by atoms with Gasteiger partial charge in [-0.1, -0.05) is 12.1 Å². The molecule has 0 aromatic heterocycles. The van der Waals surface area contributed by atoms with Crippen LogP contribution in [0.3, 0.4) is 0 Å². The highest BCUT2D eigenvalue weighted by molar-refractivity contribution is 7.92. The van der Waals surface area contributed by atoms with Gasteiger partial charge in [0.25, 0.3) is 5.91 Å². The second-order valence-electron chi connectivity index (χ2n) is 5.89. The van der Waals surface area contributed by atoms with Gasteiger partial charge in [-0.15, -0.1) is 0 Å². The lowest BCUT2D eigenvalue weighted by atomic mass is 10.0. The van der Waals surface area contributed by atoms with Gasteiger partial charge >= 0.3 is 0 Å². The number of nitrogens with one attached hydrogen (secondary N) is 2. The molecule has 23 heavy (non-hydrogen) atoms. The van der Waals surface area contributed by atoms with Crippen LogP contribution in [0.25, 0.3) is 0 Å². The molecule has 0 unspecified atom stereocenters. The van der Waals surface area contributed by atoms with Gasteiger partial charge in [-0.2, -0.15) is 0 Å². The zero-order valence-electron chi connectivity index (χ0n) is 13.6. The van der Waals surface area contributed by atoms with E-state index in [9.17, 15) is 13.2 Å². The highest BCUT2D eigenvalue weighted by Crippen LogP contribution is 2.33. The fourth-order valence-electron chi connectivity index (χ4n) is 2.96. The molecule has 128 valence electrons. The number of hydrogen-bond acceptors (Lipinski definition) is 4. The average molecular weight is 340 g/mol. The second kappa shape index (κ2) is 7.31. The molecule has 1 aromatic rings. The minimum Gasteiger partial charge on any atom is -0.365 e. The van der Waals surface area contributed by atoms with Gasteiger partial charge in [0.2, 0.25) is 10.0 Å². The van der Waals surface area contributed by atoms with Crippen LogP contribution in [0.15, 0.2) is 24.3 Å². The Bertz CT molecular complexity index is 652. The Kier molecular flexibility index (Phi) is 5.64. The lowest BCUT2D eigenvalue weighted by Gasteiger charge is -2.27. The van der Waals surface area contributed by atoms with E-state index in [4.69, 9.17) is 4.74 Å². The molecule has 0 radical (unpaired) electrons. The highest BCUT2D eigenvalue weighted by Gasteiger charge is 2.41. The number of carbonyl (C=O) groups excluding carboxylic acids is 1. The van der Waals surface area contributed by atoms with E-state index >= 15 is 0 Å². The molecular formula is C16H24N2O4S. The summed E-state index contributed by atoms with van der Waals surface area (Å²) in [5, 5.41) is 2.92. The minimum atomic E-state index is -3.31. The minimum absolute atomic E-state index is 0.0849. The molecule has 1 aliphatic carbocycles. The van der Waals surface area contributed by atoms with Gasteiger partial charge in [0.05, 0.1) is 6.26 Å². The molecule has 1 amide bonds. The van der Waals surface area contributed by atoms with Crippen LogP contribution in [0.2, 0.25) is 0 Å². The van der Waals surface area contributed by atoms with Gasteiger partial charge in [-0.3, -0.25) is 9.52 Å². The summed E-state index contributed by atoms with van der Waals surface area (Å²) in [7, 11) is -3.31. The van der Waals surface area contributed by atoms with E-state index in [1.165, 1.54) is 0 Å². The summed E-state index contributed by atoms with van der Waals surface area (Å²) >= 11 is 0. The smallest absolute Gasteiger partial charge is 0.252 e. The fourth-order valence-corrected chi connectivity index (χ4v) is 3.52. The van der Waals surface area contributed by atoms with Gasteiger partial charge in [-0.05, 0) is 50.3 Å². The van der Waals surface area contributed by atoms with E-state index in [1.807, 2.05) is 13.0 Å². The van der Waals surface area contributed by atoms with Gasteiger partial charge < -0.3 is 10.1 Å². The first-order chi connectivity index (χ1) is 10.8. The van der Waals surface area contributed by atoms with Crippen molar-refractivity contribution in [3.8, 4) is 0 Å². The third-order valence-electron chi connectivity index (χ3n) is 3.93. The van der Waals surface area contributed by atoms with Crippen molar-refractivity contribution in [1.29, 1.82) is 0 Å². The maximum Gasteiger partial charge on any atom is 0.252 e. The van der Waals surface area contributed by atoms with Crippen LogP contribution in [-0.4, -0.2) is 32.8 Å². The largest absolute Gasteiger partial charge is 0.365 e. The van der Waals surface area contributed by atoms with Crippen LogP contribution < -0.4 is 10.0 Å². The Labute approximate surface area is 137 Å². The number of hydrogen-bond donors (Lipinski definition) is 2. The van der Waals surface area contributed by atoms with Gasteiger partial charge in [-0.25, -0.2) is 8.42 Å². The number of sulfonamides is 1. The van der Waals surface area contributed by atoms with E-state index < -0.39 is 15.6 Å². The molecule has 2 N–H and O–H groups in total. The SMILES string of the molecule is CCOC1(C(=O)NCc2cccc(NS(C)(=O)=O)c2)CCCC1. The number of anilines is 1. The molecule has 1 fully saturated rings. The Morgan fingerprint density at radius 2 is 2.00 bits per heavy atom. The van der Waals surface area contributed by atoms with E-state index in [-0.39, 0.29) is 5.91 Å². The normalized spacial score (nSPS) is 17.0. The predicted molar refractivity (Wildman–Crippen MR) is 89.6 cm³/mol. The number of benzene rings is 1. The molecule has 1 aromatic carbocycles. The summed E-state index contributed by atoms with van der Waals surface area (Å²) in [6.07, 6.45) is 4.61. The monoisotopic (exact) mass is 340 g/mol. The maximum atomic E-state index is 12.5. The second-order valence-corrected chi connectivity index (χ2v) is 7.64. The van der Waals surface area contributed by atoms with Crippen molar-refractivity contribution >= 4 is 21.6 Å². The number of amides is 1.